The molecule has 0 fully saturated rings. The number of carbonyl (C=O) groups excluding carboxylic acids is 2. The van der Waals surface area contributed by atoms with E-state index in [1.807, 2.05) is 5.32 Å². The molecule has 0 aromatic heterocycles. The smallest absolute Gasteiger partial charge is 0.341 e. The molecule has 2 rings (SSSR count). The highest BCUT2D eigenvalue weighted by Crippen LogP contribution is 2.43. The van der Waals surface area contributed by atoms with Crippen LogP contribution in [0.2, 0.25) is 0 Å². The van der Waals surface area contributed by atoms with E-state index in [1.165, 1.54) is 0 Å². The van der Waals surface area contributed by atoms with Crippen LogP contribution >= 0.6 is 0 Å². The summed E-state index contributed by atoms with van der Waals surface area (Å²) in [7, 11) is 1.04. The van der Waals surface area contributed by atoms with E-state index in [-0.39, 0.29) is 5.69 Å². The van der Waals surface area contributed by atoms with Gasteiger partial charge in [0, 0.05) is 6.07 Å². The van der Waals surface area contributed by atoms with Crippen LogP contribution in [0.5, 0.6) is 5.75 Å². The topological polar surface area (TPSA) is 113 Å². The molecular weight excluding hydrogens is 249 g/mol. The van der Waals surface area contributed by atoms with Crippen LogP contribution in [0.3, 0.4) is 0 Å². The number of carbonyl (C=O) groups is 2. The third-order valence-corrected chi connectivity index (χ3v) is 2.22. The highest BCUT2D eigenvalue weighted by atomic mass is 19.1. The highest BCUT2D eigenvalue weighted by molar-refractivity contribution is 6.42. The van der Waals surface area contributed by atoms with Gasteiger partial charge in [-0.3, -0.25) is 19.7 Å². The summed E-state index contributed by atoms with van der Waals surface area (Å²) in [5, 5.41) is 16.1. The van der Waals surface area contributed by atoms with Crippen molar-refractivity contribution in [2.75, 3.05) is 12.4 Å². The lowest BCUT2D eigenvalue weighted by molar-refractivity contribution is -0.385. The molecule has 1 aliphatic heterocycles. The SMILES string of the molecule is COc1c(F)cc2c(c1[N+](=O)[O-])[N]C(=O)C(=O)N2. The van der Waals surface area contributed by atoms with E-state index >= 15 is 0 Å². The van der Waals surface area contributed by atoms with Gasteiger partial charge < -0.3 is 10.1 Å². The van der Waals surface area contributed by atoms with Crippen LogP contribution in [0.1, 0.15) is 0 Å². The van der Waals surface area contributed by atoms with Crippen molar-refractivity contribution in [1.29, 1.82) is 0 Å². The largest absolute Gasteiger partial charge is 0.488 e. The number of methoxy groups -OCH3 is 1. The first-order chi connectivity index (χ1) is 8.45. The first-order valence-electron chi connectivity index (χ1n) is 4.57. The van der Waals surface area contributed by atoms with Crippen LogP contribution in [0.4, 0.5) is 21.5 Å². The van der Waals surface area contributed by atoms with Gasteiger partial charge in [-0.15, -0.1) is 0 Å². The second kappa shape index (κ2) is 3.95. The van der Waals surface area contributed by atoms with Gasteiger partial charge in [-0.25, -0.2) is 4.39 Å². The fourth-order valence-corrected chi connectivity index (χ4v) is 1.51. The molecule has 9 heteroatoms. The normalized spacial score (nSPS) is 13.4. The molecule has 8 nitrogen and oxygen atoms in total. The van der Waals surface area contributed by atoms with E-state index in [0.717, 1.165) is 13.2 Å². The number of amides is 2. The lowest BCUT2D eigenvalue weighted by Gasteiger charge is -2.16. The first-order valence-corrected chi connectivity index (χ1v) is 4.57. The summed E-state index contributed by atoms with van der Waals surface area (Å²) in [6, 6.07) is 0.801. The van der Waals surface area contributed by atoms with Crippen molar-refractivity contribution >= 4 is 28.9 Å². The number of nitrogens with zero attached hydrogens (tertiary/aromatic N) is 2. The van der Waals surface area contributed by atoms with Crippen molar-refractivity contribution in [3.63, 3.8) is 0 Å². The van der Waals surface area contributed by atoms with E-state index in [9.17, 15) is 24.1 Å². The van der Waals surface area contributed by atoms with Crippen molar-refractivity contribution in [3.8, 4) is 5.75 Å². The first kappa shape index (κ1) is 11.8. The maximum atomic E-state index is 13.5. The Bertz CT molecular complexity index is 586. The lowest BCUT2D eigenvalue weighted by atomic mass is 10.1. The molecule has 93 valence electrons. The van der Waals surface area contributed by atoms with E-state index in [1.54, 1.807) is 0 Å². The number of fused-ring (bicyclic) bond motifs is 1. The maximum absolute atomic E-state index is 13.5. The molecule has 0 saturated heterocycles. The maximum Gasteiger partial charge on any atom is 0.341 e. The number of hydrogen-bond donors (Lipinski definition) is 1. The van der Waals surface area contributed by atoms with Gasteiger partial charge in [-0.05, 0) is 0 Å². The van der Waals surface area contributed by atoms with Gasteiger partial charge in [0.25, 0.3) is 0 Å². The number of nitro groups is 1. The summed E-state index contributed by atoms with van der Waals surface area (Å²) in [6.07, 6.45) is 0. The molecule has 1 aliphatic rings. The Balaban J connectivity index is 2.73. The summed E-state index contributed by atoms with van der Waals surface area (Å²) in [6.45, 7) is 0. The van der Waals surface area contributed by atoms with Crippen LogP contribution in [-0.4, -0.2) is 23.8 Å². The van der Waals surface area contributed by atoms with Gasteiger partial charge in [0.15, 0.2) is 11.5 Å². The molecule has 1 aromatic carbocycles. The van der Waals surface area contributed by atoms with E-state index < -0.39 is 39.7 Å². The molecule has 0 spiro atoms. The van der Waals surface area contributed by atoms with Crippen LogP contribution in [-0.2, 0) is 9.59 Å². The second-order valence-corrected chi connectivity index (χ2v) is 3.26. The third kappa shape index (κ3) is 1.61. The van der Waals surface area contributed by atoms with Gasteiger partial charge in [-0.2, -0.15) is 5.32 Å². The molecule has 18 heavy (non-hydrogen) atoms. The molecule has 1 heterocycles. The van der Waals surface area contributed by atoms with Gasteiger partial charge in [-0.1, -0.05) is 0 Å². The molecule has 1 radical (unpaired) electrons. The Labute approximate surface area is 98.9 Å². The third-order valence-electron chi connectivity index (χ3n) is 2.22. The Morgan fingerprint density at radius 2 is 2.17 bits per heavy atom. The summed E-state index contributed by atoms with van der Waals surface area (Å²) in [4.78, 5) is 32.0. The molecule has 0 atom stereocenters. The second-order valence-electron chi connectivity index (χ2n) is 3.26. The van der Waals surface area contributed by atoms with Crippen LogP contribution in [0, 0.1) is 15.9 Å². The molecule has 0 bridgehead atoms. The van der Waals surface area contributed by atoms with Crippen molar-refractivity contribution in [2.24, 2.45) is 0 Å². The molecule has 0 saturated carbocycles. The number of benzene rings is 1. The molecule has 0 aliphatic carbocycles. The average molecular weight is 254 g/mol. The van der Waals surface area contributed by atoms with E-state index in [2.05, 4.69) is 10.1 Å². The van der Waals surface area contributed by atoms with E-state index in [4.69, 9.17) is 0 Å². The minimum absolute atomic E-state index is 0.246. The van der Waals surface area contributed by atoms with Gasteiger partial charge in [0.1, 0.15) is 0 Å². The molecule has 0 unspecified atom stereocenters. The zero-order valence-corrected chi connectivity index (χ0v) is 8.89. The Morgan fingerprint density at radius 1 is 1.50 bits per heavy atom. The minimum atomic E-state index is -1.20. The number of hydrogen-bond acceptors (Lipinski definition) is 5. The summed E-state index contributed by atoms with van der Waals surface area (Å²) < 4.78 is 18.1. The lowest BCUT2D eigenvalue weighted by Crippen LogP contribution is -2.33. The zero-order valence-electron chi connectivity index (χ0n) is 8.89. The fraction of sp³-hybridized carbons (Fsp3) is 0.111. The number of anilines is 1. The van der Waals surface area contributed by atoms with Crippen LogP contribution in [0.15, 0.2) is 6.07 Å². The average Bonchev–Trinajstić information content (AvgIpc) is 2.29. The Kier molecular flexibility index (Phi) is 2.58. The minimum Gasteiger partial charge on any atom is -0.488 e. The van der Waals surface area contributed by atoms with E-state index in [0.29, 0.717) is 0 Å². The summed E-state index contributed by atoms with van der Waals surface area (Å²) in [5.41, 5.74) is -1.48. The van der Waals surface area contributed by atoms with Crippen molar-refractivity contribution in [1.82, 2.24) is 5.32 Å². The number of nitro benzene ring substituents is 1. The van der Waals surface area contributed by atoms with Gasteiger partial charge >= 0.3 is 17.5 Å². The number of rotatable bonds is 2. The summed E-state index contributed by atoms with van der Waals surface area (Å²) in [5.74, 6) is -3.96. The molecular formula is C9H5FN3O5. The zero-order chi connectivity index (χ0) is 13.4. The van der Waals surface area contributed by atoms with Gasteiger partial charge in [0.2, 0.25) is 5.75 Å². The van der Waals surface area contributed by atoms with Gasteiger partial charge in [0.05, 0.1) is 17.7 Å². The quantitative estimate of drug-likeness (QED) is 0.468. The predicted molar refractivity (Wildman–Crippen MR) is 55.0 cm³/mol. The standard InChI is InChI=1S/C9H5FN3O5/c1-18-7-3(10)2-4-5(6(7)13(16)17)12-9(15)8(14)11-4/h2H,1H3,(H,11,14). The number of halogens is 1. The fourth-order valence-electron chi connectivity index (χ4n) is 1.51. The highest BCUT2D eigenvalue weighted by Gasteiger charge is 2.36. The van der Waals surface area contributed by atoms with Crippen molar-refractivity contribution in [3.05, 3.63) is 22.0 Å². The van der Waals surface area contributed by atoms with Crippen molar-refractivity contribution in [2.45, 2.75) is 0 Å². The Morgan fingerprint density at radius 3 is 2.72 bits per heavy atom. The molecule has 1 aromatic rings. The van der Waals surface area contributed by atoms with Crippen molar-refractivity contribution < 1.29 is 23.6 Å². The summed E-state index contributed by atoms with van der Waals surface area (Å²) >= 11 is 0. The van der Waals surface area contributed by atoms with Crippen LogP contribution < -0.4 is 15.4 Å². The molecule has 2 amide bonds. The predicted octanol–water partition coefficient (Wildman–Crippen LogP) is 0.457. The van der Waals surface area contributed by atoms with Crippen LogP contribution in [0.25, 0.3) is 0 Å². The number of nitrogens with one attached hydrogen (secondary N) is 1. The monoisotopic (exact) mass is 254 g/mol. The Hall–Kier alpha value is -2.71. The number of ether oxygens (including phenoxy) is 1. The molecule has 1 N–H and O–H groups in total.